The summed E-state index contributed by atoms with van der Waals surface area (Å²) in [5.41, 5.74) is 0.901. The second-order valence-electron chi connectivity index (χ2n) is 6.95. The van der Waals surface area contributed by atoms with Gasteiger partial charge in [0.2, 0.25) is 5.91 Å². The first-order valence-corrected chi connectivity index (χ1v) is 10.5. The van der Waals surface area contributed by atoms with Crippen LogP contribution < -0.4 is 14.8 Å². The number of benzene rings is 2. The molecule has 156 valence electrons. The van der Waals surface area contributed by atoms with Gasteiger partial charge in [0.25, 0.3) is 5.91 Å². The van der Waals surface area contributed by atoms with Crippen LogP contribution in [0.25, 0.3) is 0 Å². The van der Waals surface area contributed by atoms with Crippen molar-refractivity contribution in [3.8, 4) is 11.5 Å². The number of halogens is 1. The summed E-state index contributed by atoms with van der Waals surface area (Å²) in [6.45, 7) is 5.66. The molecule has 0 fully saturated rings. The van der Waals surface area contributed by atoms with E-state index in [0.29, 0.717) is 12.3 Å². The monoisotopic (exact) mass is 510 g/mol. The standard InChI is InChI=1S/C22H27IN2O4/c1-15(2)24-22(27)16(3)25(13-17-5-9-19(28-4)10-6-17)21(26)14-29-20-11-7-18(23)8-12-20/h5-12,15-16H,13-14H2,1-4H3,(H,24,27). The summed E-state index contributed by atoms with van der Waals surface area (Å²) in [7, 11) is 1.60. The van der Waals surface area contributed by atoms with Gasteiger partial charge in [-0.2, -0.15) is 0 Å². The van der Waals surface area contributed by atoms with Gasteiger partial charge in [0, 0.05) is 16.2 Å². The highest BCUT2D eigenvalue weighted by Gasteiger charge is 2.26. The Balaban J connectivity index is 2.13. The molecule has 0 aliphatic carbocycles. The Morgan fingerprint density at radius 3 is 2.14 bits per heavy atom. The molecule has 2 aromatic rings. The summed E-state index contributed by atoms with van der Waals surface area (Å²) in [6.07, 6.45) is 0. The van der Waals surface area contributed by atoms with E-state index in [4.69, 9.17) is 9.47 Å². The van der Waals surface area contributed by atoms with Gasteiger partial charge in [-0.3, -0.25) is 9.59 Å². The minimum absolute atomic E-state index is 0.00840. The first-order valence-electron chi connectivity index (χ1n) is 9.41. The van der Waals surface area contributed by atoms with E-state index in [1.165, 1.54) is 4.90 Å². The number of nitrogens with zero attached hydrogens (tertiary/aromatic N) is 1. The van der Waals surface area contributed by atoms with E-state index < -0.39 is 6.04 Å². The number of nitrogens with one attached hydrogen (secondary N) is 1. The third-order valence-corrected chi connectivity index (χ3v) is 5.01. The van der Waals surface area contributed by atoms with Crippen molar-refractivity contribution in [2.45, 2.75) is 39.4 Å². The molecule has 0 spiro atoms. The van der Waals surface area contributed by atoms with Gasteiger partial charge in [-0.1, -0.05) is 12.1 Å². The van der Waals surface area contributed by atoms with Gasteiger partial charge in [0.15, 0.2) is 6.61 Å². The van der Waals surface area contributed by atoms with E-state index in [9.17, 15) is 9.59 Å². The van der Waals surface area contributed by atoms with Crippen LogP contribution in [0.1, 0.15) is 26.3 Å². The Labute approximate surface area is 185 Å². The molecule has 2 amide bonds. The SMILES string of the molecule is COc1ccc(CN(C(=O)COc2ccc(I)cc2)C(C)C(=O)NC(C)C)cc1. The van der Waals surface area contributed by atoms with Gasteiger partial charge in [0.1, 0.15) is 17.5 Å². The fraction of sp³-hybridized carbons (Fsp3) is 0.364. The summed E-state index contributed by atoms with van der Waals surface area (Å²) < 4.78 is 11.9. The molecular weight excluding hydrogens is 483 g/mol. The largest absolute Gasteiger partial charge is 0.497 e. The lowest BCUT2D eigenvalue weighted by molar-refractivity contribution is -0.142. The summed E-state index contributed by atoms with van der Waals surface area (Å²) in [4.78, 5) is 27.0. The van der Waals surface area contributed by atoms with E-state index in [1.54, 1.807) is 14.0 Å². The van der Waals surface area contributed by atoms with Crippen LogP contribution in [0.3, 0.4) is 0 Å². The van der Waals surface area contributed by atoms with Gasteiger partial charge >= 0.3 is 0 Å². The zero-order valence-electron chi connectivity index (χ0n) is 17.1. The summed E-state index contributed by atoms with van der Waals surface area (Å²) in [5, 5.41) is 2.87. The molecule has 0 aliphatic rings. The van der Waals surface area contributed by atoms with E-state index in [0.717, 1.165) is 14.9 Å². The Morgan fingerprint density at radius 1 is 1.00 bits per heavy atom. The zero-order chi connectivity index (χ0) is 21.4. The second-order valence-corrected chi connectivity index (χ2v) is 8.20. The second kappa shape index (κ2) is 11.0. The van der Waals surface area contributed by atoms with Crippen molar-refractivity contribution in [2.24, 2.45) is 0 Å². The molecule has 0 bridgehead atoms. The van der Waals surface area contributed by atoms with Crippen LogP contribution in [0.4, 0.5) is 0 Å². The molecular formula is C22H27IN2O4. The topological polar surface area (TPSA) is 67.9 Å². The Hall–Kier alpha value is -2.29. The van der Waals surface area contributed by atoms with Crippen LogP contribution in [0.2, 0.25) is 0 Å². The van der Waals surface area contributed by atoms with Crippen LogP contribution in [-0.2, 0) is 16.1 Å². The van der Waals surface area contributed by atoms with Gasteiger partial charge < -0.3 is 19.7 Å². The highest BCUT2D eigenvalue weighted by Crippen LogP contribution is 2.17. The van der Waals surface area contributed by atoms with Crippen molar-refractivity contribution in [2.75, 3.05) is 13.7 Å². The van der Waals surface area contributed by atoms with Crippen LogP contribution in [0, 0.1) is 3.57 Å². The first-order chi connectivity index (χ1) is 13.8. The van der Waals surface area contributed by atoms with Gasteiger partial charge in [0.05, 0.1) is 7.11 Å². The third kappa shape index (κ3) is 7.23. The summed E-state index contributed by atoms with van der Waals surface area (Å²) in [5.74, 6) is 0.892. The molecule has 6 nitrogen and oxygen atoms in total. The normalized spacial score (nSPS) is 11.7. The van der Waals surface area contributed by atoms with Gasteiger partial charge in [-0.05, 0) is 85.3 Å². The molecule has 0 saturated heterocycles. The fourth-order valence-corrected chi connectivity index (χ4v) is 3.03. The lowest BCUT2D eigenvalue weighted by atomic mass is 10.1. The van der Waals surface area contributed by atoms with Crippen molar-refractivity contribution in [1.82, 2.24) is 10.2 Å². The average molecular weight is 510 g/mol. The minimum Gasteiger partial charge on any atom is -0.497 e. The maximum absolute atomic E-state index is 12.9. The number of carbonyl (C=O) groups is 2. The molecule has 0 aliphatic heterocycles. The van der Waals surface area contributed by atoms with E-state index in [-0.39, 0.29) is 24.5 Å². The molecule has 0 radical (unpaired) electrons. The molecule has 0 aromatic heterocycles. The number of amides is 2. The minimum atomic E-state index is -0.632. The number of hydrogen-bond acceptors (Lipinski definition) is 4. The number of methoxy groups -OCH3 is 1. The Morgan fingerprint density at radius 2 is 1.59 bits per heavy atom. The number of hydrogen-bond donors (Lipinski definition) is 1. The van der Waals surface area contributed by atoms with Crippen LogP contribution >= 0.6 is 22.6 Å². The van der Waals surface area contributed by atoms with Gasteiger partial charge in [-0.15, -0.1) is 0 Å². The van der Waals surface area contributed by atoms with E-state index in [2.05, 4.69) is 27.9 Å². The number of rotatable bonds is 9. The Bertz CT molecular complexity index is 807. The smallest absolute Gasteiger partial charge is 0.261 e. The van der Waals surface area contributed by atoms with Crippen molar-refractivity contribution in [3.05, 3.63) is 57.7 Å². The third-order valence-electron chi connectivity index (χ3n) is 4.29. The van der Waals surface area contributed by atoms with E-state index >= 15 is 0 Å². The van der Waals surface area contributed by atoms with Crippen molar-refractivity contribution in [1.29, 1.82) is 0 Å². The van der Waals surface area contributed by atoms with Crippen molar-refractivity contribution >= 4 is 34.4 Å². The molecule has 0 heterocycles. The number of ether oxygens (including phenoxy) is 2. The van der Waals surface area contributed by atoms with Gasteiger partial charge in [-0.25, -0.2) is 0 Å². The highest BCUT2D eigenvalue weighted by molar-refractivity contribution is 14.1. The molecule has 1 N–H and O–H groups in total. The van der Waals surface area contributed by atoms with Crippen LogP contribution in [-0.4, -0.2) is 42.5 Å². The summed E-state index contributed by atoms with van der Waals surface area (Å²) >= 11 is 2.21. The fourth-order valence-electron chi connectivity index (χ4n) is 2.67. The lowest BCUT2D eigenvalue weighted by Crippen LogP contribution is -2.50. The number of carbonyl (C=O) groups excluding carboxylic acids is 2. The predicted molar refractivity (Wildman–Crippen MR) is 121 cm³/mol. The van der Waals surface area contributed by atoms with Crippen molar-refractivity contribution < 1.29 is 19.1 Å². The quantitative estimate of drug-likeness (QED) is 0.524. The molecule has 7 heteroatoms. The Kier molecular flexibility index (Phi) is 8.75. The average Bonchev–Trinajstić information content (AvgIpc) is 2.70. The summed E-state index contributed by atoms with van der Waals surface area (Å²) in [6, 6.07) is 14.2. The van der Waals surface area contributed by atoms with E-state index in [1.807, 2.05) is 62.4 Å². The zero-order valence-corrected chi connectivity index (χ0v) is 19.3. The molecule has 1 unspecified atom stereocenters. The van der Waals surface area contributed by atoms with Crippen LogP contribution in [0.15, 0.2) is 48.5 Å². The highest BCUT2D eigenvalue weighted by atomic mass is 127. The maximum atomic E-state index is 12.9. The maximum Gasteiger partial charge on any atom is 0.261 e. The van der Waals surface area contributed by atoms with Crippen LogP contribution in [0.5, 0.6) is 11.5 Å². The molecule has 29 heavy (non-hydrogen) atoms. The molecule has 2 rings (SSSR count). The molecule has 1 atom stereocenters. The molecule has 2 aromatic carbocycles. The lowest BCUT2D eigenvalue weighted by Gasteiger charge is -2.29. The molecule has 0 saturated carbocycles. The predicted octanol–water partition coefficient (Wildman–Crippen LogP) is 3.62. The first kappa shape index (κ1) is 23.0. The van der Waals surface area contributed by atoms with Crippen molar-refractivity contribution in [3.63, 3.8) is 0 Å².